The average molecular weight is 505 g/mol. The van der Waals surface area contributed by atoms with Crippen LogP contribution in [0.4, 0.5) is 0 Å². The Kier molecular flexibility index (Phi) is 10.5. The average Bonchev–Trinajstić information content (AvgIpc) is 3.15. The second-order valence-corrected chi connectivity index (χ2v) is 9.76. The summed E-state index contributed by atoms with van der Waals surface area (Å²) in [7, 11) is 0. The number of ether oxygens (including phenoxy) is 1. The summed E-state index contributed by atoms with van der Waals surface area (Å²) >= 11 is 0. The van der Waals surface area contributed by atoms with Crippen molar-refractivity contribution in [2.24, 2.45) is 5.92 Å². The van der Waals surface area contributed by atoms with Crippen LogP contribution in [0.15, 0.2) is 72.0 Å². The third-order valence-electron chi connectivity index (χ3n) is 6.70. The zero-order valence-electron chi connectivity index (χ0n) is 22.5. The maximum atomic E-state index is 13.4. The van der Waals surface area contributed by atoms with Crippen molar-refractivity contribution >= 4 is 17.8 Å². The van der Waals surface area contributed by atoms with Crippen molar-refractivity contribution in [2.75, 3.05) is 32.8 Å². The van der Waals surface area contributed by atoms with E-state index in [4.69, 9.17) is 4.74 Å². The first-order valence-electron chi connectivity index (χ1n) is 13.3. The number of ketones is 1. The molecule has 2 aromatic rings. The molecule has 0 aromatic heterocycles. The third kappa shape index (κ3) is 7.56. The van der Waals surface area contributed by atoms with Gasteiger partial charge in [-0.2, -0.15) is 0 Å². The van der Waals surface area contributed by atoms with Gasteiger partial charge in [0.2, 0.25) is 0 Å². The molecule has 3 rings (SSSR count). The van der Waals surface area contributed by atoms with Crippen molar-refractivity contribution in [2.45, 2.75) is 46.6 Å². The fourth-order valence-electron chi connectivity index (χ4n) is 4.50. The molecule has 198 valence electrons. The van der Waals surface area contributed by atoms with E-state index in [0.29, 0.717) is 24.8 Å². The van der Waals surface area contributed by atoms with Gasteiger partial charge < -0.3 is 19.6 Å². The second kappa shape index (κ2) is 13.8. The lowest BCUT2D eigenvalue weighted by Gasteiger charge is -2.28. The molecule has 1 heterocycles. The van der Waals surface area contributed by atoms with E-state index in [1.165, 1.54) is 6.08 Å². The molecule has 1 atom stereocenters. The highest BCUT2D eigenvalue weighted by molar-refractivity contribution is 6.14. The standard InChI is InChI=1S/C31H40N2O4/c1-5-32(6-2)19-11-20-33-29(25-14-10-15-26(22-25)37-21-18-23(3)4)28(30(35)31(33)36)27(34)17-16-24-12-8-7-9-13-24/h7-10,12-17,22-23,29,35H,5-6,11,18-21H2,1-4H3/b17-16+. The predicted molar refractivity (Wildman–Crippen MR) is 148 cm³/mol. The molecule has 1 amide bonds. The van der Waals surface area contributed by atoms with Gasteiger partial charge in [0.15, 0.2) is 11.5 Å². The molecule has 2 aromatic carbocycles. The van der Waals surface area contributed by atoms with Crippen LogP contribution in [0.25, 0.3) is 6.08 Å². The Morgan fingerprint density at radius 3 is 2.51 bits per heavy atom. The molecule has 0 bridgehead atoms. The number of nitrogens with zero attached hydrogens (tertiary/aromatic N) is 2. The van der Waals surface area contributed by atoms with Crippen LogP contribution >= 0.6 is 0 Å². The molecular weight excluding hydrogens is 464 g/mol. The Morgan fingerprint density at radius 1 is 1.11 bits per heavy atom. The van der Waals surface area contributed by atoms with Crippen molar-refractivity contribution in [3.05, 3.63) is 83.1 Å². The van der Waals surface area contributed by atoms with E-state index in [2.05, 4.69) is 32.6 Å². The first-order chi connectivity index (χ1) is 17.8. The maximum absolute atomic E-state index is 13.4. The minimum atomic E-state index is -0.675. The quantitative estimate of drug-likeness (QED) is 0.328. The van der Waals surface area contributed by atoms with E-state index in [1.807, 2.05) is 54.6 Å². The topological polar surface area (TPSA) is 70.1 Å². The maximum Gasteiger partial charge on any atom is 0.290 e. The molecule has 1 aliphatic heterocycles. The minimum Gasteiger partial charge on any atom is -0.503 e. The number of carbonyl (C=O) groups excluding carboxylic acids is 2. The van der Waals surface area contributed by atoms with Crippen LogP contribution in [0, 0.1) is 5.92 Å². The molecular formula is C31H40N2O4. The number of rotatable bonds is 14. The zero-order valence-corrected chi connectivity index (χ0v) is 22.5. The summed E-state index contributed by atoms with van der Waals surface area (Å²) in [5.41, 5.74) is 1.73. The van der Waals surface area contributed by atoms with E-state index in [-0.39, 0.29) is 11.4 Å². The molecule has 0 saturated carbocycles. The molecule has 1 N–H and O–H groups in total. The molecule has 0 spiro atoms. The molecule has 6 nitrogen and oxygen atoms in total. The van der Waals surface area contributed by atoms with E-state index in [9.17, 15) is 14.7 Å². The molecule has 6 heteroatoms. The van der Waals surface area contributed by atoms with Gasteiger partial charge in [0, 0.05) is 6.54 Å². The Balaban J connectivity index is 1.90. The molecule has 0 saturated heterocycles. The highest BCUT2D eigenvalue weighted by Gasteiger charge is 2.42. The summed E-state index contributed by atoms with van der Waals surface area (Å²) in [5.74, 6) is -0.143. The largest absolute Gasteiger partial charge is 0.503 e. The van der Waals surface area contributed by atoms with Crippen LogP contribution < -0.4 is 4.74 Å². The van der Waals surface area contributed by atoms with Crippen LogP contribution in [0.3, 0.4) is 0 Å². The monoisotopic (exact) mass is 504 g/mol. The summed E-state index contributed by atoms with van der Waals surface area (Å²) in [5, 5.41) is 10.9. The van der Waals surface area contributed by atoms with Gasteiger partial charge in [-0.15, -0.1) is 0 Å². The van der Waals surface area contributed by atoms with Crippen molar-refractivity contribution < 1.29 is 19.4 Å². The van der Waals surface area contributed by atoms with Crippen LogP contribution in [-0.2, 0) is 9.59 Å². The van der Waals surface area contributed by atoms with Crippen LogP contribution in [0.5, 0.6) is 5.75 Å². The fraction of sp³-hybridized carbons (Fsp3) is 0.419. The number of hydrogen-bond acceptors (Lipinski definition) is 5. The van der Waals surface area contributed by atoms with E-state index in [1.54, 1.807) is 11.0 Å². The number of hydrogen-bond donors (Lipinski definition) is 1. The summed E-state index contributed by atoms with van der Waals surface area (Å²) in [6, 6.07) is 16.3. The lowest BCUT2D eigenvalue weighted by Crippen LogP contribution is -2.34. The molecule has 0 fully saturated rings. The Morgan fingerprint density at radius 2 is 1.84 bits per heavy atom. The normalized spacial score (nSPS) is 16.0. The first kappa shape index (κ1) is 28.2. The van der Waals surface area contributed by atoms with Crippen molar-refractivity contribution in [1.29, 1.82) is 0 Å². The van der Waals surface area contributed by atoms with E-state index < -0.39 is 17.7 Å². The lowest BCUT2D eigenvalue weighted by atomic mass is 9.95. The first-order valence-corrected chi connectivity index (χ1v) is 13.3. The van der Waals surface area contributed by atoms with Gasteiger partial charge in [0.05, 0.1) is 18.2 Å². The number of allylic oxidation sites excluding steroid dienone is 1. The second-order valence-electron chi connectivity index (χ2n) is 9.76. The van der Waals surface area contributed by atoms with Gasteiger partial charge in [-0.1, -0.05) is 76.2 Å². The number of amides is 1. The van der Waals surface area contributed by atoms with Gasteiger partial charge in [-0.05, 0) is 67.7 Å². The van der Waals surface area contributed by atoms with Crippen LogP contribution in [0.1, 0.15) is 57.7 Å². The molecule has 1 aliphatic rings. The van der Waals surface area contributed by atoms with E-state index in [0.717, 1.165) is 43.6 Å². The lowest BCUT2D eigenvalue weighted by molar-refractivity contribution is -0.129. The van der Waals surface area contributed by atoms with Gasteiger partial charge >= 0.3 is 0 Å². The third-order valence-corrected chi connectivity index (χ3v) is 6.70. The Hall–Kier alpha value is -3.38. The highest BCUT2D eigenvalue weighted by atomic mass is 16.5. The van der Waals surface area contributed by atoms with Crippen LogP contribution in [0.2, 0.25) is 0 Å². The SMILES string of the molecule is CCN(CC)CCCN1C(=O)C(O)=C(C(=O)/C=C/c2ccccc2)C1c1cccc(OCCC(C)C)c1. The van der Waals surface area contributed by atoms with Gasteiger partial charge in [-0.3, -0.25) is 9.59 Å². The van der Waals surface area contributed by atoms with Gasteiger partial charge in [0.1, 0.15) is 5.75 Å². The number of benzene rings is 2. The van der Waals surface area contributed by atoms with E-state index >= 15 is 0 Å². The fourth-order valence-corrected chi connectivity index (χ4v) is 4.50. The summed E-state index contributed by atoms with van der Waals surface area (Å²) in [6.07, 6.45) is 4.81. The number of aliphatic hydroxyl groups excluding tert-OH is 1. The van der Waals surface area contributed by atoms with Crippen molar-refractivity contribution in [3.63, 3.8) is 0 Å². The van der Waals surface area contributed by atoms with Crippen molar-refractivity contribution in [3.8, 4) is 5.75 Å². The molecule has 0 radical (unpaired) electrons. The summed E-state index contributed by atoms with van der Waals surface area (Å²) < 4.78 is 5.96. The summed E-state index contributed by atoms with van der Waals surface area (Å²) in [6.45, 7) is 12.2. The van der Waals surface area contributed by atoms with Crippen molar-refractivity contribution in [1.82, 2.24) is 9.80 Å². The van der Waals surface area contributed by atoms with Gasteiger partial charge in [0.25, 0.3) is 5.91 Å². The molecule has 37 heavy (non-hydrogen) atoms. The zero-order chi connectivity index (χ0) is 26.8. The number of carbonyl (C=O) groups is 2. The molecule has 1 unspecified atom stereocenters. The Labute approximate surface area is 221 Å². The number of aliphatic hydroxyl groups is 1. The smallest absolute Gasteiger partial charge is 0.290 e. The minimum absolute atomic E-state index is 0.111. The highest BCUT2D eigenvalue weighted by Crippen LogP contribution is 2.39. The van der Waals surface area contributed by atoms with Crippen LogP contribution in [-0.4, -0.2) is 59.4 Å². The van der Waals surface area contributed by atoms with Gasteiger partial charge in [-0.25, -0.2) is 0 Å². The summed E-state index contributed by atoms with van der Waals surface area (Å²) in [4.78, 5) is 30.5. The predicted octanol–water partition coefficient (Wildman–Crippen LogP) is 5.82. The molecule has 0 aliphatic carbocycles. The Bertz CT molecular complexity index is 1100.